The van der Waals surface area contributed by atoms with Crippen molar-refractivity contribution in [2.75, 3.05) is 10.6 Å². The van der Waals surface area contributed by atoms with Crippen LogP contribution in [-0.2, 0) is 5.44 Å². The molecule has 1 unspecified atom stereocenters. The number of nitriles is 1. The summed E-state index contributed by atoms with van der Waals surface area (Å²) in [5.41, 5.74) is 9.86. The molecule has 1 aliphatic heterocycles. The van der Waals surface area contributed by atoms with Crippen LogP contribution in [0.25, 0.3) is 10.9 Å². The first-order valence-corrected chi connectivity index (χ1v) is 13.7. The number of fused-ring (bicyclic) bond motifs is 1. The number of pyridine rings is 1. The van der Waals surface area contributed by atoms with Crippen molar-refractivity contribution in [2.45, 2.75) is 24.3 Å². The van der Waals surface area contributed by atoms with Crippen LogP contribution in [0.1, 0.15) is 24.0 Å². The molecule has 2 heterocycles. The number of hydrazine groups is 2. The molecule has 7 nitrogen and oxygen atoms in total. The molecule has 3 aromatic carbocycles. The lowest BCUT2D eigenvalue weighted by Gasteiger charge is -2.34. The molecule has 12 heteroatoms. The van der Waals surface area contributed by atoms with Crippen molar-refractivity contribution in [3.8, 4) is 6.07 Å². The number of anilines is 3. The highest BCUT2D eigenvalue weighted by Crippen LogP contribution is 2.40. The summed E-state index contributed by atoms with van der Waals surface area (Å²) in [7, 11) is 2.00. The van der Waals surface area contributed by atoms with Crippen LogP contribution >= 0.6 is 34.8 Å². The average Bonchev–Trinajstić information content (AvgIpc) is 3.67. The molecule has 0 spiro atoms. The number of hydrogen-bond donors (Lipinski definition) is 4. The van der Waals surface area contributed by atoms with Gasteiger partial charge in [-0.05, 0) is 54.8 Å². The lowest BCUT2D eigenvalue weighted by Crippen LogP contribution is -2.45. The van der Waals surface area contributed by atoms with Gasteiger partial charge in [0.1, 0.15) is 19.7 Å². The third-order valence-corrected chi connectivity index (χ3v) is 8.25. The van der Waals surface area contributed by atoms with Gasteiger partial charge in [0.2, 0.25) is 0 Å². The van der Waals surface area contributed by atoms with Gasteiger partial charge in [0.05, 0.1) is 48.7 Å². The Kier molecular flexibility index (Phi) is 6.89. The highest BCUT2D eigenvalue weighted by atomic mass is 35.5. The van der Waals surface area contributed by atoms with E-state index in [-0.39, 0.29) is 5.82 Å². The van der Waals surface area contributed by atoms with E-state index in [1.807, 2.05) is 25.1 Å². The second kappa shape index (κ2) is 10.4. The van der Waals surface area contributed by atoms with E-state index in [4.69, 9.17) is 34.8 Å². The standard InChI is InChI=1S/C28H22BCl3FN7/c29-28(16-4-6-17(33)7-5-16,24-14-40(39-38-24)19-8-9-19)37-18-10-20-26(36-23-3-1-2-21(30)25(23)32)15(12-34)13-35-27(20)22(31)11-18/h1-7,10-11,13-14,19,37-39H,8-9,29H2,(H,35,36). The Morgan fingerprint density at radius 3 is 2.60 bits per heavy atom. The fourth-order valence-electron chi connectivity index (χ4n) is 4.79. The maximum absolute atomic E-state index is 13.9. The quantitative estimate of drug-likeness (QED) is 0.191. The van der Waals surface area contributed by atoms with Crippen molar-refractivity contribution >= 4 is 70.6 Å². The number of nitrogens with one attached hydrogen (secondary N) is 4. The largest absolute Gasteiger partial charge is 0.378 e. The second-order valence-corrected chi connectivity index (χ2v) is 11.1. The van der Waals surface area contributed by atoms with Gasteiger partial charge in [0, 0.05) is 29.5 Å². The zero-order valence-electron chi connectivity index (χ0n) is 21.2. The Hall–Kier alpha value is -3.68. The number of benzene rings is 3. The van der Waals surface area contributed by atoms with E-state index in [0.717, 1.165) is 24.1 Å². The Morgan fingerprint density at radius 2 is 1.88 bits per heavy atom. The summed E-state index contributed by atoms with van der Waals surface area (Å²) in [4.78, 5) is 4.45. The van der Waals surface area contributed by atoms with E-state index in [1.165, 1.54) is 18.3 Å². The normalized spacial score (nSPS) is 16.2. The maximum atomic E-state index is 13.9. The fourth-order valence-corrected chi connectivity index (χ4v) is 5.40. The molecule has 4 N–H and O–H groups in total. The number of hydrogen-bond acceptors (Lipinski definition) is 7. The summed E-state index contributed by atoms with van der Waals surface area (Å²) in [6.45, 7) is 0. The van der Waals surface area contributed by atoms with E-state index in [9.17, 15) is 9.65 Å². The predicted octanol–water partition coefficient (Wildman–Crippen LogP) is 6.18. The van der Waals surface area contributed by atoms with Gasteiger partial charge in [0.15, 0.2) is 0 Å². The highest BCUT2D eigenvalue weighted by Gasteiger charge is 2.38. The Morgan fingerprint density at radius 1 is 1.10 bits per heavy atom. The van der Waals surface area contributed by atoms with Gasteiger partial charge in [-0.2, -0.15) is 5.26 Å². The molecule has 0 saturated heterocycles. The zero-order valence-corrected chi connectivity index (χ0v) is 23.5. The minimum atomic E-state index is -0.814. The minimum Gasteiger partial charge on any atom is -0.378 e. The molecular formula is C28H22BCl3FN7. The first-order chi connectivity index (χ1) is 19.3. The molecule has 2 aliphatic rings. The van der Waals surface area contributed by atoms with E-state index in [1.54, 1.807) is 36.4 Å². The number of aromatic nitrogens is 1. The topological polar surface area (TPSA) is 88.0 Å². The van der Waals surface area contributed by atoms with Crippen LogP contribution in [-0.4, -0.2) is 23.9 Å². The van der Waals surface area contributed by atoms with Crippen LogP contribution in [0.2, 0.25) is 15.1 Å². The van der Waals surface area contributed by atoms with E-state index < -0.39 is 5.44 Å². The Balaban J connectivity index is 1.47. The molecule has 200 valence electrons. The molecule has 1 atom stereocenters. The molecule has 0 amide bonds. The van der Waals surface area contributed by atoms with E-state index >= 15 is 0 Å². The van der Waals surface area contributed by atoms with Crippen LogP contribution in [0.4, 0.5) is 21.5 Å². The van der Waals surface area contributed by atoms with Crippen molar-refractivity contribution in [1.82, 2.24) is 21.0 Å². The maximum Gasteiger partial charge on any atom is 0.148 e. The Bertz CT molecular complexity index is 1710. The smallest absolute Gasteiger partial charge is 0.148 e. The second-order valence-electron chi connectivity index (χ2n) is 9.91. The summed E-state index contributed by atoms with van der Waals surface area (Å²) in [5.74, 6) is -0.323. The molecule has 1 saturated carbocycles. The monoisotopic (exact) mass is 591 g/mol. The molecule has 1 aliphatic carbocycles. The van der Waals surface area contributed by atoms with Crippen LogP contribution in [0.5, 0.6) is 0 Å². The third-order valence-electron chi connectivity index (χ3n) is 7.14. The molecule has 40 heavy (non-hydrogen) atoms. The fraction of sp³-hybridized carbons (Fsp3) is 0.143. The third kappa shape index (κ3) is 4.89. The molecule has 6 rings (SSSR count). The summed E-state index contributed by atoms with van der Waals surface area (Å²) in [6, 6.07) is 17.9. The van der Waals surface area contributed by atoms with Crippen LogP contribution in [0.3, 0.4) is 0 Å². The van der Waals surface area contributed by atoms with Gasteiger partial charge in [-0.25, -0.2) is 4.39 Å². The molecule has 1 aromatic heterocycles. The lowest BCUT2D eigenvalue weighted by atomic mass is 9.69. The summed E-state index contributed by atoms with van der Waals surface area (Å²) >= 11 is 19.4. The first-order valence-electron chi connectivity index (χ1n) is 12.6. The van der Waals surface area contributed by atoms with Crippen molar-refractivity contribution < 1.29 is 4.39 Å². The highest BCUT2D eigenvalue weighted by molar-refractivity contribution is 6.43. The van der Waals surface area contributed by atoms with E-state index in [2.05, 4.69) is 32.6 Å². The van der Waals surface area contributed by atoms with Gasteiger partial charge in [0.25, 0.3) is 0 Å². The summed E-state index contributed by atoms with van der Waals surface area (Å²) in [5, 5.41) is 20.5. The molecular weight excluding hydrogens is 571 g/mol. The molecule has 0 bridgehead atoms. The minimum absolute atomic E-state index is 0.308. The average molecular weight is 593 g/mol. The van der Waals surface area contributed by atoms with Crippen molar-refractivity contribution in [3.63, 3.8) is 0 Å². The zero-order chi connectivity index (χ0) is 28.0. The molecule has 0 radical (unpaired) electrons. The van der Waals surface area contributed by atoms with Crippen molar-refractivity contribution in [1.29, 1.82) is 5.26 Å². The predicted molar refractivity (Wildman–Crippen MR) is 161 cm³/mol. The van der Waals surface area contributed by atoms with Gasteiger partial charge in [-0.15, -0.1) is 5.53 Å². The van der Waals surface area contributed by atoms with Crippen LogP contribution < -0.4 is 21.6 Å². The first kappa shape index (κ1) is 26.5. The van der Waals surface area contributed by atoms with Gasteiger partial charge >= 0.3 is 0 Å². The van der Waals surface area contributed by atoms with Crippen molar-refractivity contribution in [3.05, 3.63) is 105 Å². The molecule has 4 aromatic rings. The van der Waals surface area contributed by atoms with Gasteiger partial charge in [-0.1, -0.05) is 53.0 Å². The number of rotatable bonds is 7. The SMILES string of the molecule is BC(Nc1cc(Cl)c2ncc(C#N)c(Nc3cccc(Cl)c3Cl)c2c1)(C1=CN(C2CC2)NN1)c1ccc(F)cc1. The van der Waals surface area contributed by atoms with Crippen LogP contribution in [0.15, 0.2) is 72.7 Å². The van der Waals surface area contributed by atoms with Gasteiger partial charge < -0.3 is 16.1 Å². The van der Waals surface area contributed by atoms with Gasteiger partial charge in [-0.3, -0.25) is 9.99 Å². The summed E-state index contributed by atoms with van der Waals surface area (Å²) < 4.78 is 13.9. The van der Waals surface area contributed by atoms with E-state index in [0.29, 0.717) is 54.6 Å². The lowest BCUT2D eigenvalue weighted by molar-refractivity contribution is 0.260. The number of halogens is 4. The van der Waals surface area contributed by atoms with Crippen LogP contribution in [0, 0.1) is 17.1 Å². The molecule has 1 fully saturated rings. The summed E-state index contributed by atoms with van der Waals surface area (Å²) in [6.07, 6.45) is 5.72. The number of nitrogens with zero attached hydrogens (tertiary/aromatic N) is 3. The Labute approximate surface area is 246 Å². The van der Waals surface area contributed by atoms with Crippen molar-refractivity contribution in [2.24, 2.45) is 0 Å².